The van der Waals surface area contributed by atoms with Crippen LogP contribution in [0.5, 0.6) is 11.5 Å². The molecule has 2 N–H and O–H groups in total. The highest BCUT2D eigenvalue weighted by atomic mass is 79.9. The average molecular weight is 326 g/mol. The van der Waals surface area contributed by atoms with E-state index in [1.807, 2.05) is 12.1 Å². The second-order valence-corrected chi connectivity index (χ2v) is 5.51. The van der Waals surface area contributed by atoms with E-state index in [4.69, 9.17) is 9.47 Å². The number of ether oxygens (including phenoxy) is 2. The Kier molecular flexibility index (Phi) is 3.50. The first-order valence-corrected chi connectivity index (χ1v) is 7.11. The third-order valence-electron chi connectivity index (χ3n) is 3.09. The summed E-state index contributed by atoms with van der Waals surface area (Å²) in [6, 6.07) is 4.62. The van der Waals surface area contributed by atoms with Gasteiger partial charge in [-0.15, -0.1) is 0 Å². The summed E-state index contributed by atoms with van der Waals surface area (Å²) in [4.78, 5) is 4.20. The number of halogens is 1. The topological polar surface area (TPSA) is 54.9 Å². The molecule has 0 atom stereocenters. The average Bonchev–Trinajstić information content (AvgIpc) is 3.09. The fourth-order valence-corrected chi connectivity index (χ4v) is 2.53. The van der Waals surface area contributed by atoms with Crippen LogP contribution in [-0.4, -0.2) is 25.8 Å². The lowest BCUT2D eigenvalue weighted by molar-refractivity contribution is 0.173. The van der Waals surface area contributed by atoms with Crippen LogP contribution in [0.25, 0.3) is 0 Å². The SMILES string of the molecule is CN=C(NCc1cc(Br)c2c(c1)OCO2)NC1CC1. The Hall–Kier alpha value is -1.43. The molecule has 19 heavy (non-hydrogen) atoms. The van der Waals surface area contributed by atoms with E-state index in [1.165, 1.54) is 12.8 Å². The Labute approximate surface area is 120 Å². The lowest BCUT2D eigenvalue weighted by Gasteiger charge is -2.11. The number of nitrogens with one attached hydrogen (secondary N) is 2. The highest BCUT2D eigenvalue weighted by Gasteiger charge is 2.22. The van der Waals surface area contributed by atoms with E-state index in [2.05, 4.69) is 31.6 Å². The summed E-state index contributed by atoms with van der Waals surface area (Å²) >= 11 is 3.49. The van der Waals surface area contributed by atoms with Crippen molar-refractivity contribution in [3.63, 3.8) is 0 Å². The predicted molar refractivity (Wildman–Crippen MR) is 76.6 cm³/mol. The molecule has 0 bridgehead atoms. The summed E-state index contributed by atoms with van der Waals surface area (Å²) in [5, 5.41) is 6.65. The summed E-state index contributed by atoms with van der Waals surface area (Å²) in [6.45, 7) is 0.983. The van der Waals surface area contributed by atoms with Crippen LogP contribution in [0.1, 0.15) is 18.4 Å². The molecule has 6 heteroatoms. The van der Waals surface area contributed by atoms with Gasteiger partial charge in [-0.25, -0.2) is 0 Å². The van der Waals surface area contributed by atoms with Crippen LogP contribution in [0.2, 0.25) is 0 Å². The number of nitrogens with zero attached hydrogens (tertiary/aromatic N) is 1. The van der Waals surface area contributed by atoms with Gasteiger partial charge >= 0.3 is 0 Å². The monoisotopic (exact) mass is 325 g/mol. The van der Waals surface area contributed by atoms with Crippen LogP contribution < -0.4 is 20.1 Å². The van der Waals surface area contributed by atoms with Crippen molar-refractivity contribution in [3.05, 3.63) is 22.2 Å². The first-order chi connectivity index (χ1) is 9.26. The van der Waals surface area contributed by atoms with Crippen LogP contribution in [-0.2, 0) is 6.54 Å². The first-order valence-electron chi connectivity index (χ1n) is 6.31. The fraction of sp³-hybridized carbons (Fsp3) is 0.462. The van der Waals surface area contributed by atoms with Gasteiger partial charge in [-0.2, -0.15) is 0 Å². The molecule has 0 amide bonds. The Morgan fingerprint density at radius 1 is 1.42 bits per heavy atom. The molecule has 0 saturated heterocycles. The van der Waals surface area contributed by atoms with E-state index in [1.54, 1.807) is 7.05 Å². The van der Waals surface area contributed by atoms with Gasteiger partial charge in [0.15, 0.2) is 17.5 Å². The number of rotatable bonds is 3. The minimum Gasteiger partial charge on any atom is -0.454 e. The third-order valence-corrected chi connectivity index (χ3v) is 3.68. The first kappa shape index (κ1) is 12.6. The van der Waals surface area contributed by atoms with Gasteiger partial charge in [-0.3, -0.25) is 4.99 Å². The molecule has 1 aromatic rings. The van der Waals surface area contributed by atoms with E-state index in [0.29, 0.717) is 12.6 Å². The molecule has 1 aromatic carbocycles. The second kappa shape index (κ2) is 5.28. The zero-order chi connectivity index (χ0) is 13.2. The minimum atomic E-state index is 0.287. The van der Waals surface area contributed by atoms with Crippen molar-refractivity contribution in [2.24, 2.45) is 4.99 Å². The van der Waals surface area contributed by atoms with Gasteiger partial charge in [0.2, 0.25) is 6.79 Å². The van der Waals surface area contributed by atoms with Crippen molar-refractivity contribution < 1.29 is 9.47 Å². The number of benzene rings is 1. The van der Waals surface area contributed by atoms with Crippen LogP contribution in [0.15, 0.2) is 21.6 Å². The number of hydrogen-bond donors (Lipinski definition) is 2. The van der Waals surface area contributed by atoms with Gasteiger partial charge in [0, 0.05) is 19.6 Å². The van der Waals surface area contributed by atoms with Crippen molar-refractivity contribution in [1.29, 1.82) is 0 Å². The molecule has 102 valence electrons. The van der Waals surface area contributed by atoms with Gasteiger partial charge in [0.1, 0.15) is 0 Å². The summed E-state index contributed by atoms with van der Waals surface area (Å²) in [7, 11) is 1.78. The van der Waals surface area contributed by atoms with Gasteiger partial charge in [-0.1, -0.05) is 0 Å². The number of hydrogen-bond acceptors (Lipinski definition) is 3. The number of aliphatic imine (C=N–C) groups is 1. The maximum Gasteiger partial charge on any atom is 0.231 e. The van der Waals surface area contributed by atoms with Crippen LogP contribution in [0.3, 0.4) is 0 Å². The Bertz CT molecular complexity index is 515. The van der Waals surface area contributed by atoms with Crippen LogP contribution in [0, 0.1) is 0 Å². The van der Waals surface area contributed by atoms with Crippen molar-refractivity contribution >= 4 is 21.9 Å². The molecule has 5 nitrogen and oxygen atoms in total. The van der Waals surface area contributed by atoms with Gasteiger partial charge in [0.25, 0.3) is 0 Å². The summed E-state index contributed by atoms with van der Waals surface area (Å²) in [5.74, 6) is 2.41. The fourth-order valence-electron chi connectivity index (χ4n) is 1.92. The molecular formula is C13H16BrN3O2. The highest BCUT2D eigenvalue weighted by Crippen LogP contribution is 2.39. The summed E-state index contributed by atoms with van der Waals surface area (Å²) < 4.78 is 11.7. The molecule has 1 saturated carbocycles. The Morgan fingerprint density at radius 3 is 3.00 bits per heavy atom. The number of fused-ring (bicyclic) bond motifs is 1. The van der Waals surface area contributed by atoms with Crippen LogP contribution in [0.4, 0.5) is 0 Å². The van der Waals surface area contributed by atoms with Crippen molar-refractivity contribution in [2.75, 3.05) is 13.8 Å². The number of guanidine groups is 1. The molecule has 0 spiro atoms. The largest absolute Gasteiger partial charge is 0.454 e. The van der Waals surface area contributed by atoms with Gasteiger partial charge in [-0.05, 0) is 46.5 Å². The van der Waals surface area contributed by atoms with Crippen molar-refractivity contribution in [1.82, 2.24) is 10.6 Å². The van der Waals surface area contributed by atoms with E-state index in [-0.39, 0.29) is 6.79 Å². The molecule has 0 radical (unpaired) electrons. The smallest absolute Gasteiger partial charge is 0.231 e. The molecule has 1 aliphatic heterocycles. The van der Waals surface area contributed by atoms with Gasteiger partial charge in [0.05, 0.1) is 4.47 Å². The predicted octanol–water partition coefficient (Wildman–Crippen LogP) is 2.01. The van der Waals surface area contributed by atoms with E-state index < -0.39 is 0 Å². The Morgan fingerprint density at radius 2 is 2.26 bits per heavy atom. The molecule has 3 rings (SSSR count). The molecule has 1 fully saturated rings. The second-order valence-electron chi connectivity index (χ2n) is 4.66. The highest BCUT2D eigenvalue weighted by molar-refractivity contribution is 9.10. The van der Waals surface area contributed by atoms with Crippen molar-refractivity contribution in [2.45, 2.75) is 25.4 Å². The van der Waals surface area contributed by atoms with E-state index in [9.17, 15) is 0 Å². The quantitative estimate of drug-likeness (QED) is 0.659. The molecular weight excluding hydrogens is 310 g/mol. The zero-order valence-electron chi connectivity index (χ0n) is 10.7. The third kappa shape index (κ3) is 2.94. The standard InChI is InChI=1S/C13H16BrN3O2/c1-15-13(17-9-2-3-9)16-6-8-4-10(14)12-11(5-8)18-7-19-12/h4-5,9H,2-3,6-7H2,1H3,(H2,15,16,17). The minimum absolute atomic E-state index is 0.287. The maximum absolute atomic E-state index is 5.40. The molecule has 1 aliphatic carbocycles. The van der Waals surface area contributed by atoms with E-state index in [0.717, 1.165) is 27.5 Å². The lowest BCUT2D eigenvalue weighted by Crippen LogP contribution is -2.38. The molecule has 0 unspecified atom stereocenters. The lowest BCUT2D eigenvalue weighted by atomic mass is 10.2. The summed E-state index contributed by atoms with van der Waals surface area (Å²) in [6.07, 6.45) is 2.46. The Balaban J connectivity index is 1.64. The summed E-state index contributed by atoms with van der Waals surface area (Å²) in [5.41, 5.74) is 1.12. The molecule has 2 aliphatic rings. The van der Waals surface area contributed by atoms with Crippen LogP contribution >= 0.6 is 15.9 Å². The molecule has 0 aromatic heterocycles. The normalized spacial score (nSPS) is 17.5. The van der Waals surface area contributed by atoms with Crippen molar-refractivity contribution in [3.8, 4) is 11.5 Å². The molecule has 1 heterocycles. The van der Waals surface area contributed by atoms with E-state index >= 15 is 0 Å². The maximum atomic E-state index is 5.40. The van der Waals surface area contributed by atoms with Gasteiger partial charge < -0.3 is 20.1 Å². The zero-order valence-corrected chi connectivity index (χ0v) is 12.3.